The van der Waals surface area contributed by atoms with E-state index in [1.54, 1.807) is 0 Å². The first-order chi connectivity index (χ1) is 9.52. The number of anilines is 1. The predicted octanol–water partition coefficient (Wildman–Crippen LogP) is -1.05. The van der Waals surface area contributed by atoms with Gasteiger partial charge in [0.05, 0.1) is 18.5 Å². The van der Waals surface area contributed by atoms with Crippen LogP contribution in [0.2, 0.25) is 0 Å². The summed E-state index contributed by atoms with van der Waals surface area (Å²) >= 11 is 0. The molecule has 1 saturated carbocycles. The van der Waals surface area contributed by atoms with E-state index >= 15 is 0 Å². The SMILES string of the molecule is Nc1nc2c(ncn2[C@@H]2C[C@H](CO)[C@@H](O)[C@@H]2F)c(=O)[nH]1. The van der Waals surface area contributed by atoms with Crippen LogP contribution in [0.15, 0.2) is 11.1 Å². The molecule has 1 aliphatic carbocycles. The summed E-state index contributed by atoms with van der Waals surface area (Å²) < 4.78 is 15.5. The van der Waals surface area contributed by atoms with Gasteiger partial charge in [-0.3, -0.25) is 9.78 Å². The molecular formula is C11H14FN5O3. The maximum Gasteiger partial charge on any atom is 0.280 e. The monoisotopic (exact) mass is 283 g/mol. The van der Waals surface area contributed by atoms with Crippen LogP contribution in [-0.2, 0) is 0 Å². The summed E-state index contributed by atoms with van der Waals surface area (Å²) in [5.41, 5.74) is 5.21. The van der Waals surface area contributed by atoms with Crippen LogP contribution in [0, 0.1) is 5.92 Å². The van der Waals surface area contributed by atoms with E-state index in [9.17, 15) is 14.3 Å². The second-order valence-corrected chi connectivity index (χ2v) is 4.96. The number of aromatic amines is 1. The molecule has 0 bridgehead atoms. The highest BCUT2D eigenvalue weighted by Gasteiger charge is 2.44. The number of hydrogen-bond donors (Lipinski definition) is 4. The van der Waals surface area contributed by atoms with Crippen molar-refractivity contribution in [3.05, 3.63) is 16.7 Å². The van der Waals surface area contributed by atoms with Crippen molar-refractivity contribution in [3.8, 4) is 0 Å². The largest absolute Gasteiger partial charge is 0.396 e. The molecule has 108 valence electrons. The van der Waals surface area contributed by atoms with Crippen molar-refractivity contribution in [3.63, 3.8) is 0 Å². The maximum atomic E-state index is 14.2. The van der Waals surface area contributed by atoms with Gasteiger partial charge in [0.25, 0.3) is 5.56 Å². The minimum atomic E-state index is -1.56. The van der Waals surface area contributed by atoms with Gasteiger partial charge in [-0.05, 0) is 6.42 Å². The molecule has 0 unspecified atom stereocenters. The third-order valence-corrected chi connectivity index (χ3v) is 3.76. The lowest BCUT2D eigenvalue weighted by Crippen LogP contribution is -2.27. The molecule has 1 aliphatic rings. The summed E-state index contributed by atoms with van der Waals surface area (Å²) in [4.78, 5) is 21.8. The summed E-state index contributed by atoms with van der Waals surface area (Å²) in [7, 11) is 0. The number of nitrogens with one attached hydrogen (secondary N) is 1. The van der Waals surface area contributed by atoms with Crippen molar-refractivity contribution >= 4 is 17.1 Å². The number of aliphatic hydroxyl groups excluding tert-OH is 2. The van der Waals surface area contributed by atoms with E-state index < -0.39 is 29.8 Å². The Morgan fingerprint density at radius 2 is 2.35 bits per heavy atom. The van der Waals surface area contributed by atoms with Crippen LogP contribution < -0.4 is 11.3 Å². The van der Waals surface area contributed by atoms with Gasteiger partial charge in [-0.1, -0.05) is 0 Å². The van der Waals surface area contributed by atoms with E-state index in [2.05, 4.69) is 15.0 Å². The van der Waals surface area contributed by atoms with Gasteiger partial charge in [-0.25, -0.2) is 9.37 Å². The number of H-pyrrole nitrogens is 1. The summed E-state index contributed by atoms with van der Waals surface area (Å²) in [6.45, 7) is -0.305. The smallest absolute Gasteiger partial charge is 0.280 e. The lowest BCUT2D eigenvalue weighted by Gasteiger charge is -2.16. The highest BCUT2D eigenvalue weighted by atomic mass is 19.1. The number of hydrogen-bond acceptors (Lipinski definition) is 6. The fourth-order valence-corrected chi connectivity index (χ4v) is 2.70. The number of rotatable bonds is 2. The Morgan fingerprint density at radius 3 is 3.00 bits per heavy atom. The second kappa shape index (κ2) is 4.53. The van der Waals surface area contributed by atoms with Gasteiger partial charge in [0.15, 0.2) is 11.2 Å². The van der Waals surface area contributed by atoms with Crippen LogP contribution in [0.5, 0.6) is 0 Å². The van der Waals surface area contributed by atoms with Crippen molar-refractivity contribution in [2.45, 2.75) is 24.7 Å². The molecule has 2 aromatic heterocycles. The average molecular weight is 283 g/mol. The number of aromatic nitrogens is 4. The van der Waals surface area contributed by atoms with Gasteiger partial charge < -0.3 is 20.5 Å². The summed E-state index contributed by atoms with van der Waals surface area (Å²) in [6, 6.07) is -0.735. The highest BCUT2D eigenvalue weighted by Crippen LogP contribution is 2.38. The maximum absolute atomic E-state index is 14.2. The number of imidazole rings is 1. The number of halogens is 1. The summed E-state index contributed by atoms with van der Waals surface area (Å²) in [5.74, 6) is -0.635. The third-order valence-electron chi connectivity index (χ3n) is 3.76. The summed E-state index contributed by atoms with van der Waals surface area (Å²) in [5, 5.41) is 18.9. The lowest BCUT2D eigenvalue weighted by molar-refractivity contribution is 0.0400. The first-order valence-electron chi connectivity index (χ1n) is 6.18. The molecule has 8 nitrogen and oxygen atoms in total. The number of fused-ring (bicyclic) bond motifs is 1. The van der Waals surface area contributed by atoms with Crippen molar-refractivity contribution in [2.75, 3.05) is 12.3 Å². The Kier molecular flexibility index (Phi) is 2.94. The highest BCUT2D eigenvalue weighted by molar-refractivity contribution is 5.70. The van der Waals surface area contributed by atoms with Gasteiger partial charge in [0.2, 0.25) is 5.95 Å². The minimum Gasteiger partial charge on any atom is -0.396 e. The van der Waals surface area contributed by atoms with Crippen LogP contribution in [0.25, 0.3) is 11.2 Å². The number of nitrogens with zero attached hydrogens (tertiary/aromatic N) is 3. The zero-order chi connectivity index (χ0) is 14.4. The van der Waals surface area contributed by atoms with E-state index in [1.165, 1.54) is 10.9 Å². The van der Waals surface area contributed by atoms with Crippen molar-refractivity contribution < 1.29 is 14.6 Å². The van der Waals surface area contributed by atoms with E-state index in [0.29, 0.717) is 0 Å². The molecule has 2 heterocycles. The van der Waals surface area contributed by atoms with Crippen LogP contribution in [-0.4, -0.2) is 48.6 Å². The zero-order valence-electron chi connectivity index (χ0n) is 10.4. The summed E-state index contributed by atoms with van der Waals surface area (Å²) in [6.07, 6.45) is -1.27. The van der Waals surface area contributed by atoms with Crippen LogP contribution >= 0.6 is 0 Å². The molecule has 2 aromatic rings. The van der Waals surface area contributed by atoms with Gasteiger partial charge in [0.1, 0.15) is 6.17 Å². The Labute approximate surface area is 112 Å². The molecule has 1 fully saturated rings. The molecule has 3 rings (SSSR count). The molecular weight excluding hydrogens is 269 g/mol. The Morgan fingerprint density at radius 1 is 1.60 bits per heavy atom. The van der Waals surface area contributed by atoms with Crippen molar-refractivity contribution in [1.29, 1.82) is 0 Å². The molecule has 0 saturated heterocycles. The van der Waals surface area contributed by atoms with E-state index in [0.717, 1.165) is 0 Å². The van der Waals surface area contributed by atoms with Gasteiger partial charge in [-0.2, -0.15) is 4.98 Å². The molecule has 20 heavy (non-hydrogen) atoms. The van der Waals surface area contributed by atoms with Crippen molar-refractivity contribution in [2.24, 2.45) is 5.92 Å². The van der Waals surface area contributed by atoms with Gasteiger partial charge in [0, 0.05) is 12.5 Å². The number of nitrogens with two attached hydrogens (primary N) is 1. The van der Waals surface area contributed by atoms with E-state index in [-0.39, 0.29) is 30.1 Å². The number of nitrogen functional groups attached to an aromatic ring is 1. The minimum absolute atomic E-state index is 0.0633. The number of alkyl halides is 1. The standard InChI is InChI=1S/C11H14FN5O3/c12-6-5(1-4(2-18)8(6)19)17-3-14-7-9(17)15-11(13)16-10(7)20/h3-6,8,18-19H,1-2H2,(H3,13,15,16,20)/t4-,5-,6-,8-/m1/s1. The first-order valence-corrected chi connectivity index (χ1v) is 6.18. The lowest BCUT2D eigenvalue weighted by atomic mass is 10.1. The van der Waals surface area contributed by atoms with E-state index in [4.69, 9.17) is 10.8 Å². The molecule has 0 amide bonds. The number of aliphatic hydroxyl groups is 2. The topological polar surface area (TPSA) is 130 Å². The fraction of sp³-hybridized carbons (Fsp3) is 0.545. The molecule has 0 aromatic carbocycles. The first kappa shape index (κ1) is 13.0. The molecule has 0 aliphatic heterocycles. The molecule has 0 radical (unpaired) electrons. The molecule has 9 heteroatoms. The molecule has 4 atom stereocenters. The van der Waals surface area contributed by atoms with Crippen molar-refractivity contribution in [1.82, 2.24) is 19.5 Å². The Balaban J connectivity index is 2.09. The fourth-order valence-electron chi connectivity index (χ4n) is 2.70. The molecule has 5 N–H and O–H groups in total. The predicted molar refractivity (Wildman–Crippen MR) is 67.7 cm³/mol. The zero-order valence-corrected chi connectivity index (χ0v) is 10.4. The van der Waals surface area contributed by atoms with Crippen LogP contribution in [0.4, 0.5) is 10.3 Å². The average Bonchev–Trinajstić information content (AvgIpc) is 2.93. The second-order valence-electron chi connectivity index (χ2n) is 4.96. The van der Waals surface area contributed by atoms with Crippen LogP contribution in [0.3, 0.4) is 0 Å². The Bertz CT molecular complexity index is 699. The quantitative estimate of drug-likeness (QED) is 0.556. The van der Waals surface area contributed by atoms with Gasteiger partial charge >= 0.3 is 0 Å². The normalized spacial score (nSPS) is 30.1. The van der Waals surface area contributed by atoms with E-state index in [1.807, 2.05) is 0 Å². The van der Waals surface area contributed by atoms with Gasteiger partial charge in [-0.15, -0.1) is 0 Å². The Hall–Kier alpha value is -2.00. The molecule has 0 spiro atoms. The van der Waals surface area contributed by atoms with Crippen LogP contribution in [0.1, 0.15) is 12.5 Å². The third kappa shape index (κ3) is 1.78.